The summed E-state index contributed by atoms with van der Waals surface area (Å²) in [5, 5.41) is 2.95. The molecular formula is C18H16FN3O2S. The summed E-state index contributed by atoms with van der Waals surface area (Å²) in [5.74, 6) is -0.859. The lowest BCUT2D eigenvalue weighted by molar-refractivity contribution is -0.115. The number of benzene rings is 2. The molecule has 0 saturated heterocycles. The highest BCUT2D eigenvalue weighted by molar-refractivity contribution is 8.00. The highest BCUT2D eigenvalue weighted by Crippen LogP contribution is 2.23. The average molecular weight is 357 g/mol. The van der Waals surface area contributed by atoms with Crippen LogP contribution in [-0.4, -0.2) is 20.7 Å². The van der Waals surface area contributed by atoms with Gasteiger partial charge in [0, 0.05) is 7.05 Å². The molecule has 1 N–H and O–H groups in total. The summed E-state index contributed by atoms with van der Waals surface area (Å²) in [4.78, 5) is 29.2. The van der Waals surface area contributed by atoms with Crippen molar-refractivity contribution < 1.29 is 9.18 Å². The van der Waals surface area contributed by atoms with Gasteiger partial charge in [0.25, 0.3) is 5.56 Å². The molecule has 3 rings (SSSR count). The van der Waals surface area contributed by atoms with Crippen molar-refractivity contribution in [2.45, 2.75) is 17.3 Å². The summed E-state index contributed by atoms with van der Waals surface area (Å²) in [6.07, 6.45) is 0. The van der Waals surface area contributed by atoms with Crippen LogP contribution in [0.2, 0.25) is 0 Å². The molecule has 5 nitrogen and oxygen atoms in total. The summed E-state index contributed by atoms with van der Waals surface area (Å²) < 4.78 is 15.1. The van der Waals surface area contributed by atoms with E-state index in [0.717, 1.165) is 11.8 Å². The molecule has 0 saturated carbocycles. The monoisotopic (exact) mass is 357 g/mol. The van der Waals surface area contributed by atoms with Crippen molar-refractivity contribution in [3.05, 3.63) is 64.7 Å². The predicted molar refractivity (Wildman–Crippen MR) is 97.3 cm³/mol. The molecule has 0 aliphatic carbocycles. The normalized spacial score (nSPS) is 12.1. The molecular weight excluding hydrogens is 341 g/mol. The van der Waals surface area contributed by atoms with E-state index in [4.69, 9.17) is 0 Å². The molecule has 0 aliphatic heterocycles. The lowest BCUT2D eigenvalue weighted by Crippen LogP contribution is -2.25. The molecule has 128 valence electrons. The zero-order valence-corrected chi connectivity index (χ0v) is 14.5. The number of hydrogen-bond donors (Lipinski definition) is 1. The zero-order valence-electron chi connectivity index (χ0n) is 13.7. The number of carbonyl (C=O) groups is 1. The molecule has 1 heterocycles. The molecule has 1 aromatic heterocycles. The number of rotatable bonds is 4. The van der Waals surface area contributed by atoms with E-state index in [1.165, 1.54) is 16.7 Å². The summed E-state index contributed by atoms with van der Waals surface area (Å²) in [5.41, 5.74) is 0.532. The predicted octanol–water partition coefficient (Wildman–Crippen LogP) is 3.19. The van der Waals surface area contributed by atoms with Crippen molar-refractivity contribution in [3.8, 4) is 0 Å². The number of hydrogen-bond acceptors (Lipinski definition) is 4. The average Bonchev–Trinajstić information content (AvgIpc) is 2.61. The fraction of sp³-hybridized carbons (Fsp3) is 0.167. The van der Waals surface area contributed by atoms with Gasteiger partial charge in [0.1, 0.15) is 5.82 Å². The topological polar surface area (TPSA) is 64.0 Å². The Balaban J connectivity index is 1.83. The van der Waals surface area contributed by atoms with Gasteiger partial charge in [0.05, 0.1) is 21.8 Å². The minimum absolute atomic E-state index is 0.125. The molecule has 0 bridgehead atoms. The van der Waals surface area contributed by atoms with Crippen LogP contribution in [0.15, 0.2) is 58.5 Å². The van der Waals surface area contributed by atoms with Gasteiger partial charge in [-0.1, -0.05) is 36.0 Å². The Bertz CT molecular complexity index is 1000. The van der Waals surface area contributed by atoms with Crippen LogP contribution in [0.5, 0.6) is 0 Å². The van der Waals surface area contributed by atoms with Crippen molar-refractivity contribution in [2.75, 3.05) is 5.32 Å². The third-order valence-corrected chi connectivity index (χ3v) is 4.87. The van der Waals surface area contributed by atoms with Gasteiger partial charge in [-0.15, -0.1) is 0 Å². The zero-order chi connectivity index (χ0) is 18.0. The van der Waals surface area contributed by atoms with E-state index in [0.29, 0.717) is 16.1 Å². The van der Waals surface area contributed by atoms with Crippen LogP contribution in [-0.2, 0) is 11.8 Å². The van der Waals surface area contributed by atoms with Crippen molar-refractivity contribution in [3.63, 3.8) is 0 Å². The van der Waals surface area contributed by atoms with E-state index >= 15 is 0 Å². The fourth-order valence-corrected chi connectivity index (χ4v) is 3.19. The van der Waals surface area contributed by atoms with E-state index in [-0.39, 0.29) is 17.2 Å². The van der Waals surface area contributed by atoms with Crippen molar-refractivity contribution in [1.82, 2.24) is 9.55 Å². The minimum atomic E-state index is -0.557. The number of aromatic nitrogens is 2. The molecule has 2 aromatic carbocycles. The van der Waals surface area contributed by atoms with Gasteiger partial charge in [0.2, 0.25) is 5.91 Å². The molecule has 0 fully saturated rings. The van der Waals surface area contributed by atoms with E-state index in [9.17, 15) is 14.0 Å². The standard InChI is InChI=1S/C18H16FN3O2S/c1-11(16(23)20-15-10-6-4-8-13(15)19)25-18-21-14-9-5-3-7-12(14)17(24)22(18)2/h3-11H,1-2H3,(H,20,23)/t11-/m0/s1. The number of anilines is 1. The maximum atomic E-state index is 13.7. The third-order valence-electron chi connectivity index (χ3n) is 3.73. The largest absolute Gasteiger partial charge is 0.323 e. The maximum Gasteiger partial charge on any atom is 0.261 e. The Morgan fingerprint density at radius 3 is 2.64 bits per heavy atom. The highest BCUT2D eigenvalue weighted by atomic mass is 32.2. The van der Waals surface area contributed by atoms with Crippen LogP contribution in [0.25, 0.3) is 10.9 Å². The second-order valence-corrected chi connectivity index (χ2v) is 6.81. The number of fused-ring (bicyclic) bond motifs is 1. The summed E-state index contributed by atoms with van der Waals surface area (Å²) in [6, 6.07) is 13.0. The van der Waals surface area contributed by atoms with E-state index in [1.807, 2.05) is 0 Å². The molecule has 7 heteroatoms. The Hall–Kier alpha value is -2.67. The van der Waals surface area contributed by atoms with Crippen LogP contribution in [0.3, 0.4) is 0 Å². The number of thioether (sulfide) groups is 1. The van der Waals surface area contributed by atoms with Crippen molar-refractivity contribution >= 4 is 34.3 Å². The van der Waals surface area contributed by atoms with Crippen LogP contribution >= 0.6 is 11.8 Å². The van der Waals surface area contributed by atoms with Gasteiger partial charge in [0.15, 0.2) is 5.16 Å². The first-order valence-corrected chi connectivity index (χ1v) is 8.53. The van der Waals surface area contributed by atoms with Gasteiger partial charge < -0.3 is 5.32 Å². The molecule has 0 spiro atoms. The number of halogens is 1. The van der Waals surface area contributed by atoms with Crippen LogP contribution in [0.1, 0.15) is 6.92 Å². The molecule has 25 heavy (non-hydrogen) atoms. The number of para-hydroxylation sites is 2. The van der Waals surface area contributed by atoms with E-state index < -0.39 is 11.1 Å². The smallest absolute Gasteiger partial charge is 0.261 e. The summed E-state index contributed by atoms with van der Waals surface area (Å²) >= 11 is 1.15. The summed E-state index contributed by atoms with van der Waals surface area (Å²) in [6.45, 7) is 1.68. The first-order chi connectivity index (χ1) is 12.0. The second-order valence-electron chi connectivity index (χ2n) is 5.50. The minimum Gasteiger partial charge on any atom is -0.323 e. The Morgan fingerprint density at radius 2 is 1.88 bits per heavy atom. The highest BCUT2D eigenvalue weighted by Gasteiger charge is 2.19. The van der Waals surface area contributed by atoms with Gasteiger partial charge in [-0.3, -0.25) is 14.2 Å². The molecule has 1 atom stereocenters. The SMILES string of the molecule is C[C@H](Sc1nc2ccccc2c(=O)n1C)C(=O)Nc1ccccc1F. The number of nitrogens with one attached hydrogen (secondary N) is 1. The van der Waals surface area contributed by atoms with Gasteiger partial charge >= 0.3 is 0 Å². The molecule has 3 aromatic rings. The second kappa shape index (κ2) is 7.06. The maximum absolute atomic E-state index is 13.7. The van der Waals surface area contributed by atoms with Gasteiger partial charge in [-0.2, -0.15) is 0 Å². The third kappa shape index (κ3) is 3.56. The molecule has 0 unspecified atom stereocenters. The fourth-order valence-electron chi connectivity index (χ4n) is 2.31. The Kier molecular flexibility index (Phi) is 4.85. The Morgan fingerprint density at radius 1 is 1.20 bits per heavy atom. The van der Waals surface area contributed by atoms with E-state index in [2.05, 4.69) is 10.3 Å². The van der Waals surface area contributed by atoms with Crippen molar-refractivity contribution in [1.29, 1.82) is 0 Å². The molecule has 1 amide bonds. The lowest BCUT2D eigenvalue weighted by Gasteiger charge is -2.14. The number of amides is 1. The molecule has 0 radical (unpaired) electrons. The van der Waals surface area contributed by atoms with Crippen molar-refractivity contribution in [2.24, 2.45) is 7.05 Å². The Labute approximate surface area is 147 Å². The van der Waals surface area contributed by atoms with E-state index in [1.54, 1.807) is 50.4 Å². The van der Waals surface area contributed by atoms with Gasteiger partial charge in [-0.05, 0) is 31.2 Å². The van der Waals surface area contributed by atoms with Crippen LogP contribution < -0.4 is 10.9 Å². The lowest BCUT2D eigenvalue weighted by atomic mass is 10.2. The first kappa shape index (κ1) is 17.2. The number of carbonyl (C=O) groups excluding carboxylic acids is 1. The van der Waals surface area contributed by atoms with Crippen LogP contribution in [0, 0.1) is 5.82 Å². The first-order valence-electron chi connectivity index (χ1n) is 7.65. The number of nitrogens with zero attached hydrogens (tertiary/aromatic N) is 2. The van der Waals surface area contributed by atoms with Gasteiger partial charge in [-0.25, -0.2) is 9.37 Å². The quantitative estimate of drug-likeness (QED) is 0.575. The summed E-state index contributed by atoms with van der Waals surface area (Å²) in [7, 11) is 1.62. The van der Waals surface area contributed by atoms with Crippen LogP contribution in [0.4, 0.5) is 10.1 Å². The molecule has 0 aliphatic rings.